The molecule has 1 aliphatic heterocycles. The zero-order valence-electron chi connectivity index (χ0n) is 16.2. The predicted octanol–water partition coefficient (Wildman–Crippen LogP) is 3.09. The Balaban J connectivity index is 1.68. The van der Waals surface area contributed by atoms with E-state index in [-0.39, 0.29) is 18.2 Å². The second kappa shape index (κ2) is 8.65. The van der Waals surface area contributed by atoms with Gasteiger partial charge in [-0.15, -0.1) is 0 Å². The van der Waals surface area contributed by atoms with Gasteiger partial charge in [-0.2, -0.15) is 0 Å². The van der Waals surface area contributed by atoms with E-state index in [4.69, 9.17) is 14.2 Å². The molecule has 148 valence electrons. The molecule has 0 aliphatic carbocycles. The SMILES string of the molecule is CCOc1ccc(N2C[C@H](C(=O)Nc3ccc(OC)cc3OC)CC2=O)cc1. The van der Waals surface area contributed by atoms with Crippen LogP contribution in [0.5, 0.6) is 17.2 Å². The second-order valence-corrected chi connectivity index (χ2v) is 6.39. The highest BCUT2D eigenvalue weighted by Gasteiger charge is 2.35. The van der Waals surface area contributed by atoms with E-state index in [1.807, 2.05) is 31.2 Å². The van der Waals surface area contributed by atoms with Crippen molar-refractivity contribution in [1.82, 2.24) is 0 Å². The minimum atomic E-state index is -0.439. The number of carbonyl (C=O) groups is 2. The first kappa shape index (κ1) is 19.5. The number of anilines is 2. The average Bonchev–Trinajstić information content (AvgIpc) is 3.11. The molecule has 2 aromatic carbocycles. The number of carbonyl (C=O) groups excluding carboxylic acids is 2. The van der Waals surface area contributed by atoms with Gasteiger partial charge in [0.25, 0.3) is 0 Å². The number of ether oxygens (including phenoxy) is 3. The summed E-state index contributed by atoms with van der Waals surface area (Å²) in [5.74, 6) is 1.15. The molecule has 1 atom stereocenters. The summed E-state index contributed by atoms with van der Waals surface area (Å²) in [7, 11) is 3.09. The minimum Gasteiger partial charge on any atom is -0.497 e. The molecule has 0 spiro atoms. The molecule has 7 heteroatoms. The van der Waals surface area contributed by atoms with Gasteiger partial charge in [-0.25, -0.2) is 0 Å². The van der Waals surface area contributed by atoms with Crippen molar-refractivity contribution in [3.8, 4) is 17.2 Å². The number of hydrogen-bond donors (Lipinski definition) is 1. The van der Waals surface area contributed by atoms with Gasteiger partial charge in [0.05, 0.1) is 32.4 Å². The highest BCUT2D eigenvalue weighted by atomic mass is 16.5. The van der Waals surface area contributed by atoms with E-state index < -0.39 is 5.92 Å². The maximum Gasteiger partial charge on any atom is 0.229 e. The van der Waals surface area contributed by atoms with Crippen LogP contribution in [-0.2, 0) is 9.59 Å². The first-order valence-corrected chi connectivity index (χ1v) is 9.11. The Morgan fingerprint density at radius 1 is 1.11 bits per heavy atom. The van der Waals surface area contributed by atoms with Crippen LogP contribution in [0.15, 0.2) is 42.5 Å². The van der Waals surface area contributed by atoms with Crippen molar-refractivity contribution >= 4 is 23.2 Å². The smallest absolute Gasteiger partial charge is 0.229 e. The van der Waals surface area contributed by atoms with E-state index in [1.54, 1.807) is 30.2 Å². The van der Waals surface area contributed by atoms with E-state index >= 15 is 0 Å². The molecule has 1 N–H and O–H groups in total. The van der Waals surface area contributed by atoms with Crippen LogP contribution in [0.3, 0.4) is 0 Å². The Labute approximate surface area is 164 Å². The van der Waals surface area contributed by atoms with E-state index in [0.29, 0.717) is 30.3 Å². The van der Waals surface area contributed by atoms with Crippen LogP contribution >= 0.6 is 0 Å². The molecule has 2 amide bonds. The summed E-state index contributed by atoms with van der Waals surface area (Å²) in [5, 5.41) is 2.85. The van der Waals surface area contributed by atoms with E-state index in [2.05, 4.69) is 5.32 Å². The van der Waals surface area contributed by atoms with Gasteiger partial charge < -0.3 is 24.4 Å². The van der Waals surface area contributed by atoms with Crippen LogP contribution in [0.2, 0.25) is 0 Å². The largest absolute Gasteiger partial charge is 0.497 e. The number of methoxy groups -OCH3 is 2. The van der Waals surface area contributed by atoms with Crippen LogP contribution in [0, 0.1) is 5.92 Å². The molecule has 1 fully saturated rings. The van der Waals surface area contributed by atoms with Gasteiger partial charge in [-0.1, -0.05) is 0 Å². The summed E-state index contributed by atoms with van der Waals surface area (Å²) in [6, 6.07) is 12.5. The number of benzene rings is 2. The first-order chi connectivity index (χ1) is 13.5. The van der Waals surface area contributed by atoms with E-state index in [9.17, 15) is 9.59 Å². The van der Waals surface area contributed by atoms with Crippen LogP contribution in [0.25, 0.3) is 0 Å². The van der Waals surface area contributed by atoms with Crippen molar-refractivity contribution in [3.63, 3.8) is 0 Å². The average molecular weight is 384 g/mol. The van der Waals surface area contributed by atoms with E-state index in [1.165, 1.54) is 7.11 Å². The lowest BCUT2D eigenvalue weighted by molar-refractivity contribution is -0.122. The van der Waals surface area contributed by atoms with Crippen LogP contribution < -0.4 is 24.4 Å². The van der Waals surface area contributed by atoms with Crippen molar-refractivity contribution in [2.75, 3.05) is 37.6 Å². The van der Waals surface area contributed by atoms with Gasteiger partial charge in [-0.3, -0.25) is 9.59 Å². The van der Waals surface area contributed by atoms with Gasteiger partial charge in [0.15, 0.2) is 0 Å². The third kappa shape index (κ3) is 4.19. The molecule has 0 radical (unpaired) electrons. The Hall–Kier alpha value is -3.22. The molecule has 2 aromatic rings. The molecular formula is C21H24N2O5. The summed E-state index contributed by atoms with van der Waals surface area (Å²) < 4.78 is 15.9. The monoisotopic (exact) mass is 384 g/mol. The van der Waals surface area contributed by atoms with Crippen molar-refractivity contribution in [1.29, 1.82) is 0 Å². The first-order valence-electron chi connectivity index (χ1n) is 9.11. The predicted molar refractivity (Wildman–Crippen MR) is 106 cm³/mol. The highest BCUT2D eigenvalue weighted by Crippen LogP contribution is 2.31. The molecule has 7 nitrogen and oxygen atoms in total. The van der Waals surface area contributed by atoms with Gasteiger partial charge in [0, 0.05) is 24.7 Å². The lowest BCUT2D eigenvalue weighted by atomic mass is 10.1. The molecule has 0 aromatic heterocycles. The lowest BCUT2D eigenvalue weighted by Gasteiger charge is -2.17. The molecule has 3 rings (SSSR count). The zero-order chi connectivity index (χ0) is 20.1. The topological polar surface area (TPSA) is 77.1 Å². The molecule has 28 heavy (non-hydrogen) atoms. The highest BCUT2D eigenvalue weighted by molar-refractivity contribution is 6.04. The number of nitrogens with zero attached hydrogens (tertiary/aromatic N) is 1. The van der Waals surface area contributed by atoms with Crippen molar-refractivity contribution in [3.05, 3.63) is 42.5 Å². The fraction of sp³-hybridized carbons (Fsp3) is 0.333. The number of hydrogen-bond acceptors (Lipinski definition) is 5. The van der Waals surface area contributed by atoms with Gasteiger partial charge >= 0.3 is 0 Å². The molecule has 0 unspecified atom stereocenters. The van der Waals surface area contributed by atoms with Gasteiger partial charge in [0.2, 0.25) is 11.8 Å². The molecular weight excluding hydrogens is 360 g/mol. The fourth-order valence-electron chi connectivity index (χ4n) is 3.16. The van der Waals surface area contributed by atoms with Crippen molar-refractivity contribution in [2.24, 2.45) is 5.92 Å². The van der Waals surface area contributed by atoms with Crippen molar-refractivity contribution in [2.45, 2.75) is 13.3 Å². The molecule has 1 heterocycles. The Kier molecular flexibility index (Phi) is 6.03. The number of amides is 2. The normalized spacial score (nSPS) is 16.0. The fourth-order valence-corrected chi connectivity index (χ4v) is 3.16. The third-order valence-corrected chi connectivity index (χ3v) is 4.62. The molecule has 1 aliphatic rings. The van der Waals surface area contributed by atoms with Gasteiger partial charge in [0.1, 0.15) is 17.2 Å². The minimum absolute atomic E-state index is 0.0778. The number of rotatable bonds is 7. The Bertz CT molecular complexity index is 850. The quantitative estimate of drug-likeness (QED) is 0.794. The Morgan fingerprint density at radius 2 is 1.82 bits per heavy atom. The lowest BCUT2D eigenvalue weighted by Crippen LogP contribution is -2.28. The zero-order valence-corrected chi connectivity index (χ0v) is 16.2. The van der Waals surface area contributed by atoms with E-state index in [0.717, 1.165) is 11.4 Å². The summed E-state index contributed by atoms with van der Waals surface area (Å²) >= 11 is 0. The summed E-state index contributed by atoms with van der Waals surface area (Å²) in [6.45, 7) is 2.83. The van der Waals surface area contributed by atoms with Crippen LogP contribution in [-0.4, -0.2) is 39.2 Å². The third-order valence-electron chi connectivity index (χ3n) is 4.62. The van der Waals surface area contributed by atoms with Crippen LogP contribution in [0.4, 0.5) is 11.4 Å². The maximum absolute atomic E-state index is 12.7. The summed E-state index contributed by atoms with van der Waals surface area (Å²) in [6.07, 6.45) is 0.164. The molecule has 0 saturated carbocycles. The van der Waals surface area contributed by atoms with Gasteiger partial charge in [-0.05, 0) is 43.3 Å². The van der Waals surface area contributed by atoms with Crippen molar-refractivity contribution < 1.29 is 23.8 Å². The van der Waals surface area contributed by atoms with Crippen LogP contribution in [0.1, 0.15) is 13.3 Å². The Morgan fingerprint density at radius 3 is 2.46 bits per heavy atom. The summed E-state index contributed by atoms with van der Waals surface area (Å²) in [4.78, 5) is 26.8. The standard InChI is InChI=1S/C21H24N2O5/c1-4-28-16-7-5-15(6-8-16)23-13-14(11-20(23)24)21(25)22-18-10-9-17(26-2)12-19(18)27-3/h5-10,12,14H,4,11,13H2,1-3H3,(H,22,25)/t14-/m1/s1. The number of nitrogens with one attached hydrogen (secondary N) is 1. The molecule has 0 bridgehead atoms. The second-order valence-electron chi connectivity index (χ2n) is 6.39. The summed E-state index contributed by atoms with van der Waals surface area (Å²) in [5.41, 5.74) is 1.30. The maximum atomic E-state index is 12.7. The molecule has 1 saturated heterocycles.